The lowest BCUT2D eigenvalue weighted by atomic mass is 9.95. The Balaban J connectivity index is 1.40. The molecule has 1 N–H and O–H groups in total. The van der Waals surface area contributed by atoms with E-state index in [1.54, 1.807) is 0 Å². The van der Waals surface area contributed by atoms with Gasteiger partial charge in [-0.25, -0.2) is 4.98 Å². The van der Waals surface area contributed by atoms with Gasteiger partial charge in [0.15, 0.2) is 0 Å². The lowest BCUT2D eigenvalue weighted by molar-refractivity contribution is 0.0927. The number of nitrogens with one attached hydrogen (secondary N) is 1. The van der Waals surface area contributed by atoms with Crippen LogP contribution in [0.25, 0.3) is 11.1 Å². The second-order valence-electron chi connectivity index (χ2n) is 7.39. The number of carbonyl (C=O) groups is 1. The highest BCUT2D eigenvalue weighted by atomic mass is 32.2. The summed E-state index contributed by atoms with van der Waals surface area (Å²) >= 11 is 2.01. The number of aromatic nitrogens is 1. The van der Waals surface area contributed by atoms with Gasteiger partial charge in [-0.3, -0.25) is 4.79 Å². The van der Waals surface area contributed by atoms with Gasteiger partial charge in [0.2, 0.25) is 0 Å². The van der Waals surface area contributed by atoms with Crippen LogP contribution >= 0.6 is 11.8 Å². The molecule has 2 heterocycles. The molecule has 0 bridgehead atoms. The van der Waals surface area contributed by atoms with E-state index in [4.69, 9.17) is 0 Å². The zero-order chi connectivity index (χ0) is 18.5. The molecule has 1 saturated carbocycles. The van der Waals surface area contributed by atoms with Gasteiger partial charge in [0.1, 0.15) is 5.82 Å². The number of thioether (sulfide) groups is 1. The molecule has 5 heteroatoms. The van der Waals surface area contributed by atoms with Crippen molar-refractivity contribution >= 4 is 23.5 Å². The Bertz CT molecular complexity index is 748. The van der Waals surface area contributed by atoms with Crippen molar-refractivity contribution in [2.75, 3.05) is 29.5 Å². The third-order valence-electron chi connectivity index (χ3n) is 5.50. The van der Waals surface area contributed by atoms with Crippen molar-refractivity contribution in [1.82, 2.24) is 10.3 Å². The average molecular weight is 382 g/mol. The molecule has 4 nitrogen and oxygen atoms in total. The molecule has 1 aromatic carbocycles. The molecule has 1 aromatic heterocycles. The molecule has 0 radical (unpaired) electrons. The van der Waals surface area contributed by atoms with Crippen LogP contribution < -0.4 is 10.2 Å². The molecule has 4 rings (SSSR count). The number of carbonyl (C=O) groups excluding carboxylic acids is 1. The highest BCUT2D eigenvalue weighted by Gasteiger charge is 2.17. The maximum Gasteiger partial charge on any atom is 0.251 e. The maximum atomic E-state index is 12.4. The molecule has 0 spiro atoms. The number of hydrogen-bond acceptors (Lipinski definition) is 4. The molecular formula is C22H27N3OS. The van der Waals surface area contributed by atoms with E-state index < -0.39 is 0 Å². The van der Waals surface area contributed by atoms with Gasteiger partial charge in [-0.15, -0.1) is 0 Å². The van der Waals surface area contributed by atoms with E-state index in [2.05, 4.69) is 27.3 Å². The fourth-order valence-corrected chi connectivity index (χ4v) is 4.77. The second-order valence-corrected chi connectivity index (χ2v) is 8.61. The van der Waals surface area contributed by atoms with Gasteiger partial charge >= 0.3 is 0 Å². The number of benzene rings is 1. The Morgan fingerprint density at radius 3 is 2.33 bits per heavy atom. The summed E-state index contributed by atoms with van der Waals surface area (Å²) in [4.78, 5) is 19.4. The van der Waals surface area contributed by atoms with Crippen LogP contribution in [0.2, 0.25) is 0 Å². The highest BCUT2D eigenvalue weighted by molar-refractivity contribution is 7.99. The molecule has 1 saturated heterocycles. The van der Waals surface area contributed by atoms with E-state index in [0.29, 0.717) is 6.04 Å². The van der Waals surface area contributed by atoms with Crippen molar-refractivity contribution in [1.29, 1.82) is 0 Å². The van der Waals surface area contributed by atoms with Crippen LogP contribution in [0.15, 0.2) is 42.6 Å². The Hall–Kier alpha value is -2.01. The summed E-state index contributed by atoms with van der Waals surface area (Å²) in [7, 11) is 0. The normalized spacial score (nSPS) is 18.3. The third kappa shape index (κ3) is 4.64. The van der Waals surface area contributed by atoms with E-state index in [1.807, 2.05) is 42.2 Å². The molecule has 1 aliphatic heterocycles. The molecule has 0 atom stereocenters. The van der Waals surface area contributed by atoms with E-state index in [9.17, 15) is 4.79 Å². The van der Waals surface area contributed by atoms with Crippen molar-refractivity contribution in [3.05, 3.63) is 48.2 Å². The van der Waals surface area contributed by atoms with Crippen molar-refractivity contribution in [3.8, 4) is 11.1 Å². The molecular weight excluding hydrogens is 354 g/mol. The Morgan fingerprint density at radius 2 is 1.67 bits per heavy atom. The van der Waals surface area contributed by atoms with E-state index in [-0.39, 0.29) is 5.91 Å². The summed E-state index contributed by atoms with van der Waals surface area (Å²) in [6, 6.07) is 12.5. The van der Waals surface area contributed by atoms with Gasteiger partial charge in [-0.05, 0) is 42.7 Å². The molecule has 27 heavy (non-hydrogen) atoms. The van der Waals surface area contributed by atoms with Crippen molar-refractivity contribution < 1.29 is 4.79 Å². The van der Waals surface area contributed by atoms with Crippen LogP contribution in [-0.2, 0) is 0 Å². The predicted molar refractivity (Wildman–Crippen MR) is 114 cm³/mol. The minimum Gasteiger partial charge on any atom is -0.355 e. The lowest BCUT2D eigenvalue weighted by Gasteiger charge is -2.27. The Labute approximate surface area is 165 Å². The van der Waals surface area contributed by atoms with Crippen LogP contribution in [0, 0.1) is 0 Å². The number of nitrogens with zero attached hydrogens (tertiary/aromatic N) is 2. The standard InChI is InChI=1S/C22H27N3OS/c26-22(24-20-4-2-1-3-5-20)18-8-6-17(7-9-18)19-10-11-21(23-16-19)25-12-14-27-15-13-25/h6-11,16,20H,1-5,12-15H2,(H,24,26). The molecule has 1 amide bonds. The van der Waals surface area contributed by atoms with Gasteiger partial charge in [0.05, 0.1) is 0 Å². The SMILES string of the molecule is O=C(NC1CCCCC1)c1ccc(-c2ccc(N3CCSCC3)nc2)cc1. The largest absolute Gasteiger partial charge is 0.355 e. The van der Waals surface area contributed by atoms with Crippen LogP contribution in [-0.4, -0.2) is 41.5 Å². The maximum absolute atomic E-state index is 12.4. The third-order valence-corrected chi connectivity index (χ3v) is 6.45. The monoisotopic (exact) mass is 381 g/mol. The van der Waals surface area contributed by atoms with Crippen LogP contribution in [0.1, 0.15) is 42.5 Å². The highest BCUT2D eigenvalue weighted by Crippen LogP contribution is 2.23. The van der Waals surface area contributed by atoms with Gasteiger partial charge < -0.3 is 10.2 Å². The van der Waals surface area contributed by atoms with Gasteiger partial charge in [0, 0.05) is 48.0 Å². The first-order valence-electron chi connectivity index (χ1n) is 10.00. The van der Waals surface area contributed by atoms with Gasteiger partial charge in [-0.1, -0.05) is 31.4 Å². The minimum absolute atomic E-state index is 0.0462. The minimum atomic E-state index is 0.0462. The number of anilines is 1. The molecule has 2 aromatic rings. The molecule has 1 aliphatic carbocycles. The Kier molecular flexibility index (Phi) is 5.97. The number of hydrogen-bond donors (Lipinski definition) is 1. The molecule has 2 aliphatic rings. The topological polar surface area (TPSA) is 45.2 Å². The fourth-order valence-electron chi connectivity index (χ4n) is 3.87. The smallest absolute Gasteiger partial charge is 0.251 e. The fraction of sp³-hybridized carbons (Fsp3) is 0.455. The first-order chi connectivity index (χ1) is 13.3. The molecule has 2 fully saturated rings. The Morgan fingerprint density at radius 1 is 0.963 bits per heavy atom. The first-order valence-corrected chi connectivity index (χ1v) is 11.1. The van der Waals surface area contributed by atoms with Crippen molar-refractivity contribution in [2.45, 2.75) is 38.1 Å². The average Bonchev–Trinajstić information content (AvgIpc) is 2.75. The van der Waals surface area contributed by atoms with Gasteiger partial charge in [0.25, 0.3) is 5.91 Å². The predicted octanol–water partition coefficient (Wildman–Crippen LogP) is 4.36. The number of amides is 1. The van der Waals surface area contributed by atoms with E-state index >= 15 is 0 Å². The van der Waals surface area contributed by atoms with Crippen LogP contribution in [0.3, 0.4) is 0 Å². The zero-order valence-electron chi connectivity index (χ0n) is 15.7. The first kappa shape index (κ1) is 18.4. The summed E-state index contributed by atoms with van der Waals surface area (Å²) in [6.45, 7) is 2.14. The van der Waals surface area contributed by atoms with E-state index in [1.165, 1.54) is 30.8 Å². The lowest BCUT2D eigenvalue weighted by Crippen LogP contribution is -2.36. The number of pyridine rings is 1. The molecule has 142 valence electrons. The second kappa shape index (κ2) is 8.79. The zero-order valence-corrected chi connectivity index (χ0v) is 16.5. The number of rotatable bonds is 4. The van der Waals surface area contributed by atoms with Gasteiger partial charge in [-0.2, -0.15) is 11.8 Å². The summed E-state index contributed by atoms with van der Waals surface area (Å²) in [5, 5.41) is 3.18. The molecule has 0 unspecified atom stereocenters. The van der Waals surface area contributed by atoms with Crippen LogP contribution in [0.4, 0.5) is 5.82 Å². The summed E-state index contributed by atoms with van der Waals surface area (Å²) in [6.07, 6.45) is 7.90. The van der Waals surface area contributed by atoms with Crippen molar-refractivity contribution in [3.63, 3.8) is 0 Å². The summed E-state index contributed by atoms with van der Waals surface area (Å²) in [5.41, 5.74) is 2.92. The summed E-state index contributed by atoms with van der Waals surface area (Å²) in [5.74, 6) is 3.45. The van der Waals surface area contributed by atoms with Crippen LogP contribution in [0.5, 0.6) is 0 Å². The quantitative estimate of drug-likeness (QED) is 0.854. The van der Waals surface area contributed by atoms with E-state index in [0.717, 1.165) is 48.4 Å². The van der Waals surface area contributed by atoms with Crippen molar-refractivity contribution in [2.24, 2.45) is 0 Å². The summed E-state index contributed by atoms with van der Waals surface area (Å²) < 4.78 is 0.